The summed E-state index contributed by atoms with van der Waals surface area (Å²) in [4.78, 5) is 0. The van der Waals surface area contributed by atoms with Gasteiger partial charge in [0.05, 0.1) is 0 Å². The van der Waals surface area contributed by atoms with Crippen LogP contribution in [-0.4, -0.2) is 18.6 Å². The highest BCUT2D eigenvalue weighted by atomic mass is 19.1. The Morgan fingerprint density at radius 3 is 2.79 bits per heavy atom. The molecule has 1 aliphatic carbocycles. The molecule has 19 heavy (non-hydrogen) atoms. The first-order chi connectivity index (χ1) is 9.11. The van der Waals surface area contributed by atoms with Gasteiger partial charge in [0, 0.05) is 12.1 Å². The summed E-state index contributed by atoms with van der Waals surface area (Å²) in [6.45, 7) is 3.69. The lowest BCUT2D eigenvalue weighted by Gasteiger charge is -2.32. The Hall–Kier alpha value is -0.930. The van der Waals surface area contributed by atoms with Crippen LogP contribution in [-0.2, 0) is 6.42 Å². The second-order valence-electron chi connectivity index (χ2n) is 6.08. The van der Waals surface area contributed by atoms with E-state index in [0.29, 0.717) is 6.54 Å². The van der Waals surface area contributed by atoms with Gasteiger partial charge >= 0.3 is 0 Å². The van der Waals surface area contributed by atoms with E-state index < -0.39 is 0 Å². The predicted molar refractivity (Wildman–Crippen MR) is 77.5 cm³/mol. The number of nitrogens with one attached hydrogen (secondary N) is 1. The zero-order valence-corrected chi connectivity index (χ0v) is 11.8. The number of hydrogen-bond acceptors (Lipinski definition) is 2. The van der Waals surface area contributed by atoms with Crippen LogP contribution >= 0.6 is 0 Å². The van der Waals surface area contributed by atoms with Gasteiger partial charge in [0.15, 0.2) is 0 Å². The van der Waals surface area contributed by atoms with E-state index in [2.05, 4.69) is 12.2 Å². The van der Waals surface area contributed by atoms with Gasteiger partial charge in [-0.2, -0.15) is 0 Å². The second kappa shape index (κ2) is 6.49. The summed E-state index contributed by atoms with van der Waals surface area (Å²) >= 11 is 0. The SMILES string of the molecule is CC(CN)(Cc1cccc(F)c1)NCCC1CCC1. The molecular weight excluding hydrogens is 239 g/mol. The van der Waals surface area contributed by atoms with Crippen LogP contribution < -0.4 is 11.1 Å². The molecule has 106 valence electrons. The Labute approximate surface area is 115 Å². The van der Waals surface area contributed by atoms with Crippen LogP contribution in [0.2, 0.25) is 0 Å². The number of halogens is 1. The molecule has 1 atom stereocenters. The summed E-state index contributed by atoms with van der Waals surface area (Å²) in [5.74, 6) is 0.732. The van der Waals surface area contributed by atoms with E-state index in [1.807, 2.05) is 6.07 Å². The molecule has 2 rings (SSSR count). The molecule has 3 heteroatoms. The van der Waals surface area contributed by atoms with E-state index in [4.69, 9.17) is 5.73 Å². The van der Waals surface area contributed by atoms with Gasteiger partial charge in [-0.3, -0.25) is 0 Å². The predicted octanol–water partition coefficient (Wildman–Crippen LogP) is 2.87. The number of rotatable bonds is 7. The Morgan fingerprint density at radius 1 is 1.42 bits per heavy atom. The smallest absolute Gasteiger partial charge is 0.123 e. The van der Waals surface area contributed by atoms with Crippen LogP contribution in [0.4, 0.5) is 4.39 Å². The summed E-state index contributed by atoms with van der Waals surface area (Å²) < 4.78 is 13.2. The summed E-state index contributed by atoms with van der Waals surface area (Å²) in [7, 11) is 0. The Bertz CT molecular complexity index is 403. The first-order valence-corrected chi connectivity index (χ1v) is 7.31. The molecule has 0 aliphatic heterocycles. The maximum Gasteiger partial charge on any atom is 0.123 e. The van der Waals surface area contributed by atoms with Crippen molar-refractivity contribution in [3.8, 4) is 0 Å². The van der Waals surface area contributed by atoms with E-state index in [1.165, 1.54) is 31.7 Å². The first-order valence-electron chi connectivity index (χ1n) is 7.31. The van der Waals surface area contributed by atoms with Crippen molar-refractivity contribution in [1.82, 2.24) is 5.32 Å². The van der Waals surface area contributed by atoms with Gasteiger partial charge in [0.1, 0.15) is 5.82 Å². The van der Waals surface area contributed by atoms with Crippen LogP contribution in [0.25, 0.3) is 0 Å². The van der Waals surface area contributed by atoms with E-state index >= 15 is 0 Å². The Balaban J connectivity index is 1.85. The molecule has 0 spiro atoms. The zero-order valence-electron chi connectivity index (χ0n) is 11.8. The molecule has 0 heterocycles. The fourth-order valence-corrected chi connectivity index (χ4v) is 2.66. The minimum absolute atomic E-state index is 0.141. The van der Waals surface area contributed by atoms with E-state index in [9.17, 15) is 4.39 Å². The van der Waals surface area contributed by atoms with Crippen LogP contribution in [0.15, 0.2) is 24.3 Å². The molecule has 0 saturated heterocycles. The minimum Gasteiger partial charge on any atom is -0.329 e. The standard InChI is InChI=1S/C16H25FN2/c1-16(12-18,19-9-8-13-4-2-5-13)11-14-6-3-7-15(17)10-14/h3,6-7,10,13,19H,2,4-5,8-9,11-12,18H2,1H3. The second-order valence-corrected chi connectivity index (χ2v) is 6.08. The molecule has 0 bridgehead atoms. The fraction of sp³-hybridized carbons (Fsp3) is 0.625. The fourth-order valence-electron chi connectivity index (χ4n) is 2.66. The molecule has 1 fully saturated rings. The van der Waals surface area contributed by atoms with Gasteiger partial charge < -0.3 is 11.1 Å². The lowest BCUT2D eigenvalue weighted by molar-refractivity contribution is 0.270. The van der Waals surface area contributed by atoms with Crippen molar-refractivity contribution in [2.75, 3.05) is 13.1 Å². The van der Waals surface area contributed by atoms with Gasteiger partial charge in [0.25, 0.3) is 0 Å². The van der Waals surface area contributed by atoms with Gasteiger partial charge in [0.2, 0.25) is 0 Å². The minimum atomic E-state index is -0.175. The summed E-state index contributed by atoms with van der Waals surface area (Å²) in [5.41, 5.74) is 6.76. The van der Waals surface area contributed by atoms with Crippen molar-refractivity contribution in [2.24, 2.45) is 11.7 Å². The van der Waals surface area contributed by atoms with Crippen LogP contribution in [0.1, 0.15) is 38.2 Å². The van der Waals surface area contributed by atoms with E-state index in [0.717, 1.165) is 24.4 Å². The highest BCUT2D eigenvalue weighted by Gasteiger charge is 2.24. The highest BCUT2D eigenvalue weighted by molar-refractivity contribution is 5.19. The van der Waals surface area contributed by atoms with Crippen molar-refractivity contribution in [3.05, 3.63) is 35.6 Å². The largest absolute Gasteiger partial charge is 0.329 e. The molecule has 0 amide bonds. The van der Waals surface area contributed by atoms with Crippen molar-refractivity contribution >= 4 is 0 Å². The van der Waals surface area contributed by atoms with Gasteiger partial charge in [-0.15, -0.1) is 0 Å². The molecule has 1 aliphatic rings. The number of hydrogen-bond donors (Lipinski definition) is 2. The normalized spacial score (nSPS) is 18.9. The molecular formula is C16H25FN2. The highest BCUT2D eigenvalue weighted by Crippen LogP contribution is 2.29. The topological polar surface area (TPSA) is 38.0 Å². The van der Waals surface area contributed by atoms with E-state index in [-0.39, 0.29) is 11.4 Å². The molecule has 1 saturated carbocycles. The van der Waals surface area contributed by atoms with Crippen LogP contribution in [0.3, 0.4) is 0 Å². The lowest BCUT2D eigenvalue weighted by Crippen LogP contribution is -2.51. The number of benzene rings is 1. The Kier molecular flexibility index (Phi) is 4.94. The summed E-state index contributed by atoms with van der Waals surface area (Å²) in [6, 6.07) is 6.80. The average Bonchev–Trinajstić information content (AvgIpc) is 2.32. The van der Waals surface area contributed by atoms with Crippen LogP contribution in [0.5, 0.6) is 0 Å². The Morgan fingerprint density at radius 2 is 2.21 bits per heavy atom. The molecule has 0 aromatic heterocycles. The third-order valence-corrected chi connectivity index (χ3v) is 4.26. The molecule has 1 unspecified atom stereocenters. The third-order valence-electron chi connectivity index (χ3n) is 4.26. The quantitative estimate of drug-likeness (QED) is 0.794. The molecule has 0 radical (unpaired) electrons. The average molecular weight is 264 g/mol. The first kappa shape index (κ1) is 14.5. The maximum atomic E-state index is 13.2. The van der Waals surface area contributed by atoms with E-state index in [1.54, 1.807) is 12.1 Å². The monoisotopic (exact) mass is 264 g/mol. The van der Waals surface area contributed by atoms with Crippen molar-refractivity contribution < 1.29 is 4.39 Å². The maximum absolute atomic E-state index is 13.2. The molecule has 2 nitrogen and oxygen atoms in total. The van der Waals surface area contributed by atoms with Crippen molar-refractivity contribution in [2.45, 2.75) is 44.6 Å². The van der Waals surface area contributed by atoms with Gasteiger partial charge in [-0.1, -0.05) is 31.4 Å². The molecule has 1 aromatic rings. The third kappa shape index (κ3) is 4.29. The van der Waals surface area contributed by atoms with Crippen LogP contribution in [0, 0.1) is 11.7 Å². The summed E-state index contributed by atoms with van der Waals surface area (Å²) in [6.07, 6.45) is 6.16. The van der Waals surface area contributed by atoms with Gasteiger partial charge in [-0.25, -0.2) is 4.39 Å². The van der Waals surface area contributed by atoms with Crippen molar-refractivity contribution in [1.29, 1.82) is 0 Å². The summed E-state index contributed by atoms with van der Waals surface area (Å²) in [5, 5.41) is 3.57. The lowest BCUT2D eigenvalue weighted by atomic mass is 9.82. The number of nitrogens with two attached hydrogens (primary N) is 1. The van der Waals surface area contributed by atoms with Gasteiger partial charge in [-0.05, 0) is 49.9 Å². The molecule has 3 N–H and O–H groups in total. The zero-order chi connectivity index (χ0) is 13.7. The molecule has 1 aromatic carbocycles. The van der Waals surface area contributed by atoms with Crippen molar-refractivity contribution in [3.63, 3.8) is 0 Å².